The highest BCUT2D eigenvalue weighted by atomic mass is 35.5. The van der Waals surface area contributed by atoms with Gasteiger partial charge in [0.05, 0.1) is 34.8 Å². The number of hydrogen-bond donors (Lipinski definition) is 1. The Morgan fingerprint density at radius 2 is 1.53 bits per heavy atom. The van der Waals surface area contributed by atoms with Crippen molar-refractivity contribution in [3.63, 3.8) is 0 Å². The van der Waals surface area contributed by atoms with Crippen LogP contribution in [-0.2, 0) is 26.2 Å². The molecule has 3 rings (SSSR count). The van der Waals surface area contributed by atoms with Gasteiger partial charge in [-0.3, -0.25) is 13.9 Å². The Bertz CT molecular complexity index is 1550. The minimum Gasteiger partial charge on any atom is -0.493 e. The molecule has 232 valence electrons. The standard InChI is InChI=1S/C30H34Cl3N3O6S/c1-6-19(2)34-30(38)20(3)35(17-21-7-13-25(32)26(33)15-21)29(37)18-36(23-10-8-22(31)9-11-23)43(39,40)24-12-14-27(41-4)28(16-24)42-5/h7-16,19-20H,6,17-18H2,1-5H3,(H,34,38)/t19-,20+/m1/s1. The third kappa shape index (κ3) is 8.47. The molecule has 2 atom stereocenters. The number of rotatable bonds is 13. The van der Waals surface area contributed by atoms with Gasteiger partial charge in [0.1, 0.15) is 12.6 Å². The highest BCUT2D eigenvalue weighted by Crippen LogP contribution is 2.33. The van der Waals surface area contributed by atoms with Gasteiger partial charge >= 0.3 is 0 Å². The number of carbonyl (C=O) groups excluding carboxylic acids is 2. The summed E-state index contributed by atoms with van der Waals surface area (Å²) in [4.78, 5) is 28.4. The largest absolute Gasteiger partial charge is 0.493 e. The van der Waals surface area contributed by atoms with Crippen LogP contribution in [0.5, 0.6) is 11.5 Å². The number of methoxy groups -OCH3 is 2. The first-order valence-electron chi connectivity index (χ1n) is 13.4. The average molecular weight is 671 g/mol. The van der Waals surface area contributed by atoms with Crippen LogP contribution in [0.1, 0.15) is 32.8 Å². The monoisotopic (exact) mass is 669 g/mol. The van der Waals surface area contributed by atoms with Gasteiger partial charge in [0.25, 0.3) is 10.0 Å². The summed E-state index contributed by atoms with van der Waals surface area (Å²) >= 11 is 18.4. The highest BCUT2D eigenvalue weighted by Gasteiger charge is 2.33. The van der Waals surface area contributed by atoms with E-state index in [0.717, 1.165) is 4.31 Å². The number of ether oxygens (including phenoxy) is 2. The van der Waals surface area contributed by atoms with Gasteiger partial charge in [-0.25, -0.2) is 8.42 Å². The van der Waals surface area contributed by atoms with Crippen molar-refractivity contribution < 1.29 is 27.5 Å². The fourth-order valence-electron chi connectivity index (χ4n) is 4.12. The van der Waals surface area contributed by atoms with Crippen LogP contribution >= 0.6 is 34.8 Å². The van der Waals surface area contributed by atoms with Crippen LogP contribution in [0.4, 0.5) is 5.69 Å². The normalized spacial score (nSPS) is 12.7. The molecule has 43 heavy (non-hydrogen) atoms. The maximum Gasteiger partial charge on any atom is 0.264 e. The van der Waals surface area contributed by atoms with Crippen molar-refractivity contribution in [2.24, 2.45) is 0 Å². The molecule has 0 saturated carbocycles. The number of benzene rings is 3. The minimum absolute atomic E-state index is 0.0321. The fraction of sp³-hybridized carbons (Fsp3) is 0.333. The fourth-order valence-corrected chi connectivity index (χ4v) is 6.00. The SMILES string of the molecule is CC[C@@H](C)NC(=O)[C@H](C)N(Cc1ccc(Cl)c(Cl)c1)C(=O)CN(c1ccc(Cl)cc1)S(=O)(=O)c1ccc(OC)c(OC)c1. The van der Waals surface area contributed by atoms with Gasteiger partial charge in [-0.05, 0) is 74.4 Å². The molecular weight excluding hydrogens is 637 g/mol. The zero-order valence-electron chi connectivity index (χ0n) is 24.4. The van der Waals surface area contributed by atoms with Gasteiger partial charge in [0.2, 0.25) is 11.8 Å². The van der Waals surface area contributed by atoms with E-state index in [2.05, 4.69) is 5.32 Å². The topological polar surface area (TPSA) is 105 Å². The summed E-state index contributed by atoms with van der Waals surface area (Å²) in [5, 5.41) is 3.89. The Morgan fingerprint density at radius 1 is 0.884 bits per heavy atom. The Labute approximate surface area is 267 Å². The summed E-state index contributed by atoms with van der Waals surface area (Å²) in [5.74, 6) is -0.479. The number of carbonyl (C=O) groups is 2. The second-order valence-electron chi connectivity index (χ2n) is 9.77. The lowest BCUT2D eigenvalue weighted by molar-refractivity contribution is -0.139. The molecule has 1 N–H and O–H groups in total. The summed E-state index contributed by atoms with van der Waals surface area (Å²) in [6.07, 6.45) is 0.688. The predicted octanol–water partition coefficient (Wildman–Crippen LogP) is 6.19. The zero-order valence-corrected chi connectivity index (χ0v) is 27.5. The molecule has 0 unspecified atom stereocenters. The van der Waals surface area contributed by atoms with E-state index >= 15 is 0 Å². The summed E-state index contributed by atoms with van der Waals surface area (Å²) in [6, 6.07) is 14.0. The number of nitrogens with zero attached hydrogens (tertiary/aromatic N) is 2. The van der Waals surface area contributed by atoms with Crippen LogP contribution in [-0.4, -0.2) is 58.0 Å². The first kappa shape index (κ1) is 34.3. The van der Waals surface area contributed by atoms with Gasteiger partial charge in [-0.2, -0.15) is 0 Å². The molecule has 13 heteroatoms. The molecule has 0 spiro atoms. The van der Waals surface area contributed by atoms with E-state index in [-0.39, 0.29) is 39.8 Å². The van der Waals surface area contributed by atoms with Crippen molar-refractivity contribution in [2.45, 2.75) is 50.7 Å². The summed E-state index contributed by atoms with van der Waals surface area (Å²) < 4.78 is 39.7. The van der Waals surface area contributed by atoms with Crippen molar-refractivity contribution in [2.75, 3.05) is 25.1 Å². The smallest absolute Gasteiger partial charge is 0.264 e. The predicted molar refractivity (Wildman–Crippen MR) is 170 cm³/mol. The van der Waals surface area contributed by atoms with Gasteiger partial charge in [0, 0.05) is 23.7 Å². The zero-order chi connectivity index (χ0) is 31.9. The Hall–Kier alpha value is -3.18. The lowest BCUT2D eigenvalue weighted by atomic mass is 10.1. The molecule has 0 saturated heterocycles. The lowest BCUT2D eigenvalue weighted by Crippen LogP contribution is -2.52. The molecule has 0 heterocycles. The number of hydrogen-bond acceptors (Lipinski definition) is 6. The lowest BCUT2D eigenvalue weighted by Gasteiger charge is -2.32. The molecule has 0 aliphatic heterocycles. The molecule has 2 amide bonds. The van der Waals surface area contributed by atoms with Crippen LogP contribution in [0, 0.1) is 0 Å². The Morgan fingerprint density at radius 3 is 2.12 bits per heavy atom. The Balaban J connectivity index is 2.08. The number of anilines is 1. The molecular formula is C30H34Cl3N3O6S. The van der Waals surface area contributed by atoms with Crippen LogP contribution in [0.25, 0.3) is 0 Å². The summed E-state index contributed by atoms with van der Waals surface area (Å²) in [6.45, 7) is 4.71. The first-order valence-corrected chi connectivity index (χ1v) is 15.9. The van der Waals surface area contributed by atoms with E-state index < -0.39 is 28.5 Å². The second-order valence-corrected chi connectivity index (χ2v) is 12.9. The molecule has 0 aliphatic rings. The minimum atomic E-state index is -4.34. The average Bonchev–Trinajstić information content (AvgIpc) is 2.99. The molecule has 0 aliphatic carbocycles. The van der Waals surface area contributed by atoms with E-state index in [0.29, 0.717) is 27.8 Å². The number of amides is 2. The molecule has 0 aromatic heterocycles. The van der Waals surface area contributed by atoms with E-state index in [1.165, 1.54) is 61.6 Å². The van der Waals surface area contributed by atoms with Crippen molar-refractivity contribution in [1.82, 2.24) is 10.2 Å². The third-order valence-corrected chi connectivity index (χ3v) is 9.60. The summed E-state index contributed by atoms with van der Waals surface area (Å²) in [5.41, 5.74) is 0.797. The van der Waals surface area contributed by atoms with Gasteiger partial charge in [0.15, 0.2) is 11.5 Å². The first-order chi connectivity index (χ1) is 20.3. The van der Waals surface area contributed by atoms with Crippen LogP contribution in [0.15, 0.2) is 65.6 Å². The van der Waals surface area contributed by atoms with Gasteiger partial charge in [-0.15, -0.1) is 0 Å². The highest BCUT2D eigenvalue weighted by molar-refractivity contribution is 7.92. The quantitative estimate of drug-likeness (QED) is 0.233. The van der Waals surface area contributed by atoms with Crippen molar-refractivity contribution >= 4 is 62.3 Å². The van der Waals surface area contributed by atoms with Crippen molar-refractivity contribution in [1.29, 1.82) is 0 Å². The van der Waals surface area contributed by atoms with Crippen molar-refractivity contribution in [3.8, 4) is 11.5 Å². The summed E-state index contributed by atoms with van der Waals surface area (Å²) in [7, 11) is -1.51. The molecule has 0 bridgehead atoms. The molecule has 0 radical (unpaired) electrons. The van der Waals surface area contributed by atoms with E-state index in [4.69, 9.17) is 44.3 Å². The molecule has 0 fully saturated rings. The molecule has 3 aromatic carbocycles. The maximum atomic E-state index is 14.1. The maximum absolute atomic E-state index is 14.1. The van der Waals surface area contributed by atoms with E-state index in [1.54, 1.807) is 25.1 Å². The van der Waals surface area contributed by atoms with Crippen LogP contribution < -0.4 is 19.1 Å². The number of sulfonamides is 1. The van der Waals surface area contributed by atoms with Crippen molar-refractivity contribution in [3.05, 3.63) is 81.3 Å². The van der Waals surface area contributed by atoms with Gasteiger partial charge < -0.3 is 19.7 Å². The number of halogens is 3. The van der Waals surface area contributed by atoms with Gasteiger partial charge in [-0.1, -0.05) is 47.8 Å². The van der Waals surface area contributed by atoms with E-state index in [1.807, 2.05) is 13.8 Å². The molecule has 9 nitrogen and oxygen atoms in total. The van der Waals surface area contributed by atoms with Crippen LogP contribution in [0.2, 0.25) is 15.1 Å². The molecule has 3 aromatic rings. The third-order valence-electron chi connectivity index (χ3n) is 6.84. The van der Waals surface area contributed by atoms with E-state index in [9.17, 15) is 18.0 Å². The number of nitrogens with one attached hydrogen (secondary N) is 1. The Kier molecular flexibility index (Phi) is 12.0. The van der Waals surface area contributed by atoms with Crippen LogP contribution in [0.3, 0.4) is 0 Å². The second kappa shape index (κ2) is 15.0.